The summed E-state index contributed by atoms with van der Waals surface area (Å²) in [5.41, 5.74) is 0.484. The lowest BCUT2D eigenvalue weighted by molar-refractivity contribution is -0.135. The summed E-state index contributed by atoms with van der Waals surface area (Å²) in [6.07, 6.45) is 2.46. The van der Waals surface area contributed by atoms with E-state index in [9.17, 15) is 14.4 Å². The quantitative estimate of drug-likeness (QED) is 0.758. The van der Waals surface area contributed by atoms with Crippen molar-refractivity contribution >= 4 is 11.7 Å². The third-order valence-electron chi connectivity index (χ3n) is 3.19. The largest absolute Gasteiger partial charge is 0.340 e. The molecule has 0 atom stereocenters. The molecule has 2 rings (SSSR count). The highest BCUT2D eigenvalue weighted by molar-refractivity contribution is 5.83. The molecule has 1 aromatic heterocycles. The van der Waals surface area contributed by atoms with Gasteiger partial charge < -0.3 is 9.47 Å². The molecule has 0 aliphatic carbocycles. The lowest BCUT2D eigenvalue weighted by Gasteiger charge is -2.26. The molecule has 1 aliphatic heterocycles. The number of nitrogens with zero attached hydrogens (tertiary/aromatic N) is 2. The summed E-state index contributed by atoms with van der Waals surface area (Å²) in [6.45, 7) is 2.72. The van der Waals surface area contributed by atoms with Crippen molar-refractivity contribution in [2.75, 3.05) is 13.1 Å². The Hall–Kier alpha value is -1.91. The van der Waals surface area contributed by atoms with Crippen LogP contribution in [0.5, 0.6) is 0 Å². The molecule has 1 saturated heterocycles. The summed E-state index contributed by atoms with van der Waals surface area (Å²) < 4.78 is 1.41. The smallest absolute Gasteiger partial charge is 0.253 e. The Balaban J connectivity index is 2.05. The number of ketones is 1. The predicted octanol–water partition coefficient (Wildman–Crippen LogP) is 0.348. The van der Waals surface area contributed by atoms with E-state index in [4.69, 9.17) is 0 Å². The fourth-order valence-electron chi connectivity index (χ4n) is 2.03. The molecule has 0 aromatic carbocycles. The highest BCUT2D eigenvalue weighted by atomic mass is 16.2. The van der Waals surface area contributed by atoms with Crippen LogP contribution in [0.25, 0.3) is 0 Å². The van der Waals surface area contributed by atoms with Gasteiger partial charge in [0.2, 0.25) is 5.91 Å². The Morgan fingerprint density at radius 1 is 1.28 bits per heavy atom. The lowest BCUT2D eigenvalue weighted by atomic mass is 10.1. The summed E-state index contributed by atoms with van der Waals surface area (Å²) in [4.78, 5) is 36.5. The van der Waals surface area contributed by atoms with Gasteiger partial charge in [-0.1, -0.05) is 6.07 Å². The second kappa shape index (κ2) is 5.16. The van der Waals surface area contributed by atoms with Gasteiger partial charge in [0.15, 0.2) is 0 Å². The molecule has 96 valence electrons. The average molecular weight is 248 g/mol. The van der Waals surface area contributed by atoms with Gasteiger partial charge in [-0.05, 0) is 13.0 Å². The number of carbonyl (C=O) groups excluding carboxylic acids is 2. The van der Waals surface area contributed by atoms with Gasteiger partial charge in [-0.15, -0.1) is 0 Å². The summed E-state index contributed by atoms with van der Waals surface area (Å²) in [7, 11) is 0. The van der Waals surface area contributed by atoms with E-state index in [-0.39, 0.29) is 23.8 Å². The van der Waals surface area contributed by atoms with Crippen LogP contribution >= 0.6 is 0 Å². The third-order valence-corrected chi connectivity index (χ3v) is 3.19. The number of aryl methyl sites for hydroxylation is 1. The molecule has 1 aromatic rings. The maximum absolute atomic E-state index is 12.0. The minimum absolute atomic E-state index is 0.0503. The maximum atomic E-state index is 12.0. The normalized spacial score (nSPS) is 15.8. The second-order valence-corrected chi connectivity index (χ2v) is 4.54. The molecule has 5 nitrogen and oxygen atoms in total. The van der Waals surface area contributed by atoms with Gasteiger partial charge in [-0.2, -0.15) is 0 Å². The van der Waals surface area contributed by atoms with Crippen molar-refractivity contribution in [1.82, 2.24) is 9.47 Å². The average Bonchev–Trinajstić information content (AvgIpc) is 2.36. The maximum Gasteiger partial charge on any atom is 0.253 e. The van der Waals surface area contributed by atoms with Crippen LogP contribution in [0.1, 0.15) is 18.4 Å². The number of carbonyl (C=O) groups is 2. The molecular formula is C13H16N2O3. The number of likely N-dealkylation sites (tertiary alicyclic amines) is 1. The summed E-state index contributed by atoms with van der Waals surface area (Å²) in [5.74, 6) is 0.0990. The van der Waals surface area contributed by atoms with Crippen molar-refractivity contribution < 1.29 is 9.59 Å². The molecule has 1 aliphatic rings. The molecule has 0 N–H and O–H groups in total. The van der Waals surface area contributed by atoms with Crippen molar-refractivity contribution in [2.24, 2.45) is 0 Å². The van der Waals surface area contributed by atoms with Crippen LogP contribution in [0.3, 0.4) is 0 Å². The number of rotatable bonds is 2. The second-order valence-electron chi connectivity index (χ2n) is 4.54. The van der Waals surface area contributed by atoms with E-state index in [1.807, 2.05) is 0 Å². The van der Waals surface area contributed by atoms with E-state index in [1.54, 1.807) is 30.2 Å². The molecule has 0 saturated carbocycles. The SMILES string of the molecule is Cc1cccn(CC(=O)N2CCC(=O)CC2)c1=O. The van der Waals surface area contributed by atoms with Gasteiger partial charge in [0.1, 0.15) is 12.3 Å². The van der Waals surface area contributed by atoms with Gasteiger partial charge in [0.05, 0.1) is 0 Å². The van der Waals surface area contributed by atoms with E-state index in [0.717, 1.165) is 0 Å². The molecule has 1 fully saturated rings. The van der Waals surface area contributed by atoms with Crippen LogP contribution in [0.15, 0.2) is 23.1 Å². The van der Waals surface area contributed by atoms with Crippen LogP contribution in [0.2, 0.25) is 0 Å². The number of amides is 1. The minimum Gasteiger partial charge on any atom is -0.340 e. The number of aromatic nitrogens is 1. The molecule has 2 heterocycles. The van der Waals surface area contributed by atoms with E-state index in [0.29, 0.717) is 31.5 Å². The van der Waals surface area contributed by atoms with E-state index in [2.05, 4.69) is 0 Å². The number of hydrogen-bond acceptors (Lipinski definition) is 3. The Morgan fingerprint density at radius 3 is 2.61 bits per heavy atom. The molecule has 0 spiro atoms. The first kappa shape index (κ1) is 12.5. The summed E-state index contributed by atoms with van der Waals surface area (Å²) in [6, 6.07) is 3.48. The predicted molar refractivity (Wildman–Crippen MR) is 66.3 cm³/mol. The summed E-state index contributed by atoms with van der Waals surface area (Å²) >= 11 is 0. The first-order chi connectivity index (χ1) is 8.58. The third kappa shape index (κ3) is 2.67. The number of Topliss-reactive ketones (excluding diaryl/α,β-unsaturated/α-hetero) is 1. The Kier molecular flexibility index (Phi) is 3.60. The molecule has 0 unspecified atom stereocenters. The van der Waals surface area contributed by atoms with E-state index < -0.39 is 0 Å². The molecule has 0 bridgehead atoms. The van der Waals surface area contributed by atoms with Crippen LogP contribution in [-0.4, -0.2) is 34.2 Å². The number of hydrogen-bond donors (Lipinski definition) is 0. The van der Waals surface area contributed by atoms with E-state index in [1.165, 1.54) is 4.57 Å². The fraction of sp³-hybridized carbons (Fsp3) is 0.462. The zero-order valence-corrected chi connectivity index (χ0v) is 10.4. The Labute approximate surface area is 105 Å². The van der Waals surface area contributed by atoms with Crippen molar-refractivity contribution in [2.45, 2.75) is 26.3 Å². The first-order valence-corrected chi connectivity index (χ1v) is 6.03. The van der Waals surface area contributed by atoms with E-state index >= 15 is 0 Å². The van der Waals surface area contributed by atoms with Crippen LogP contribution < -0.4 is 5.56 Å². The van der Waals surface area contributed by atoms with Crippen molar-refractivity contribution in [3.8, 4) is 0 Å². The van der Waals surface area contributed by atoms with Crippen LogP contribution in [0.4, 0.5) is 0 Å². The molecule has 18 heavy (non-hydrogen) atoms. The van der Waals surface area contributed by atoms with Crippen molar-refractivity contribution in [3.63, 3.8) is 0 Å². The molecule has 5 heteroatoms. The first-order valence-electron chi connectivity index (χ1n) is 6.03. The van der Waals surface area contributed by atoms with Crippen molar-refractivity contribution in [3.05, 3.63) is 34.2 Å². The molecular weight excluding hydrogens is 232 g/mol. The van der Waals surface area contributed by atoms with Gasteiger partial charge in [0, 0.05) is 37.7 Å². The highest BCUT2D eigenvalue weighted by Crippen LogP contribution is 2.06. The molecule has 1 amide bonds. The number of piperidine rings is 1. The lowest BCUT2D eigenvalue weighted by Crippen LogP contribution is -2.41. The highest BCUT2D eigenvalue weighted by Gasteiger charge is 2.20. The zero-order chi connectivity index (χ0) is 13.1. The zero-order valence-electron chi connectivity index (χ0n) is 10.4. The fourth-order valence-corrected chi connectivity index (χ4v) is 2.03. The molecule has 0 radical (unpaired) electrons. The van der Waals surface area contributed by atoms with Gasteiger partial charge in [-0.3, -0.25) is 14.4 Å². The monoisotopic (exact) mass is 248 g/mol. The van der Waals surface area contributed by atoms with Gasteiger partial charge >= 0.3 is 0 Å². The van der Waals surface area contributed by atoms with Crippen molar-refractivity contribution in [1.29, 1.82) is 0 Å². The summed E-state index contributed by atoms with van der Waals surface area (Å²) in [5, 5.41) is 0. The van der Waals surface area contributed by atoms with Crippen LogP contribution in [-0.2, 0) is 16.1 Å². The van der Waals surface area contributed by atoms with Crippen LogP contribution in [0, 0.1) is 6.92 Å². The Bertz CT molecular complexity index is 523. The topological polar surface area (TPSA) is 59.4 Å². The Morgan fingerprint density at radius 2 is 1.94 bits per heavy atom. The minimum atomic E-state index is -0.140. The number of pyridine rings is 1. The van der Waals surface area contributed by atoms with Gasteiger partial charge in [0.25, 0.3) is 5.56 Å². The standard InChI is InChI=1S/C13H16N2O3/c1-10-3-2-6-15(13(10)18)9-12(17)14-7-4-11(16)5-8-14/h2-3,6H,4-5,7-9H2,1H3. The van der Waals surface area contributed by atoms with Gasteiger partial charge in [-0.25, -0.2) is 0 Å².